The van der Waals surface area contributed by atoms with Crippen molar-refractivity contribution in [1.29, 1.82) is 0 Å². The molecule has 0 amide bonds. The largest absolute Gasteiger partial charge is 0.250 e. The second kappa shape index (κ2) is 11.0. The highest BCUT2D eigenvalue weighted by molar-refractivity contribution is 5.77. The maximum Gasteiger partial charge on any atom is 0.182 e. The van der Waals surface area contributed by atoms with E-state index in [2.05, 4.69) is 85.6 Å². The molecule has 5 heteroatoms. The Morgan fingerprint density at radius 2 is 1.12 bits per heavy atom. The van der Waals surface area contributed by atoms with Gasteiger partial charge < -0.3 is 0 Å². The van der Waals surface area contributed by atoms with E-state index in [0.717, 1.165) is 34.6 Å². The van der Waals surface area contributed by atoms with Gasteiger partial charge in [-0.1, -0.05) is 79.7 Å². The molecule has 0 aliphatic carbocycles. The summed E-state index contributed by atoms with van der Waals surface area (Å²) in [5.74, 6) is 1.67. The Bertz CT molecular complexity index is 1810. The Labute approximate surface area is 234 Å². The average Bonchev–Trinajstić information content (AvgIpc) is 3.01. The molecule has 0 unspecified atom stereocenters. The van der Waals surface area contributed by atoms with Gasteiger partial charge in [-0.05, 0) is 84.5 Å². The molecule has 3 heterocycles. The van der Waals surface area contributed by atoms with Crippen molar-refractivity contribution in [2.24, 2.45) is 0 Å². The van der Waals surface area contributed by atoms with Crippen LogP contribution in [-0.2, 0) is 6.42 Å². The highest BCUT2D eigenvalue weighted by Crippen LogP contribution is 2.31. The number of nitrogens with zero attached hydrogens (tertiary/aromatic N) is 5. The summed E-state index contributed by atoms with van der Waals surface area (Å²) in [4.78, 5) is 24.0. The van der Waals surface area contributed by atoms with Crippen LogP contribution < -0.4 is 0 Å². The minimum atomic E-state index is 0.532. The van der Waals surface area contributed by atoms with Gasteiger partial charge in [0, 0.05) is 17.0 Å². The van der Waals surface area contributed by atoms with Crippen LogP contribution in [0.4, 0.5) is 0 Å². The van der Waals surface area contributed by atoms with Crippen LogP contribution in [0.5, 0.6) is 0 Å². The minimum absolute atomic E-state index is 0.532. The van der Waals surface area contributed by atoms with E-state index in [1.54, 1.807) is 0 Å². The first-order valence-corrected chi connectivity index (χ1v) is 13.5. The minimum Gasteiger partial charge on any atom is -0.250 e. The molecule has 0 atom stereocenters. The molecule has 5 nitrogen and oxygen atoms in total. The Morgan fingerprint density at radius 3 is 1.85 bits per heavy atom. The SMILES string of the molecule is CCc1cccc(-c2nc(-c3ccc(-c4cccc(-c5ccccc5)c4)c(C)c3)nc(-c3cccc(C)n3)n2)n1. The van der Waals surface area contributed by atoms with Crippen molar-refractivity contribution in [2.75, 3.05) is 0 Å². The van der Waals surface area contributed by atoms with Crippen LogP contribution in [0.3, 0.4) is 0 Å². The predicted molar refractivity (Wildman–Crippen MR) is 161 cm³/mol. The van der Waals surface area contributed by atoms with Crippen molar-refractivity contribution in [2.45, 2.75) is 27.2 Å². The number of benzene rings is 3. The third-order valence-corrected chi connectivity index (χ3v) is 6.92. The molecule has 0 saturated carbocycles. The third kappa shape index (κ3) is 5.27. The molecule has 0 saturated heterocycles. The van der Waals surface area contributed by atoms with Crippen molar-refractivity contribution < 1.29 is 0 Å². The summed E-state index contributed by atoms with van der Waals surface area (Å²) in [5.41, 5.74) is 10.1. The van der Waals surface area contributed by atoms with Crippen molar-refractivity contribution in [3.8, 4) is 56.7 Å². The fraction of sp³-hybridized carbons (Fsp3) is 0.114. The van der Waals surface area contributed by atoms with Crippen molar-refractivity contribution in [3.05, 3.63) is 126 Å². The quantitative estimate of drug-likeness (QED) is 0.222. The summed E-state index contributed by atoms with van der Waals surface area (Å²) in [6.07, 6.45) is 0.838. The highest BCUT2D eigenvalue weighted by atomic mass is 15.1. The average molecular weight is 520 g/mol. The first kappa shape index (κ1) is 25.3. The molecule has 0 bridgehead atoms. The Morgan fingerprint density at radius 1 is 0.475 bits per heavy atom. The molecular weight excluding hydrogens is 490 g/mol. The zero-order valence-electron chi connectivity index (χ0n) is 22.8. The number of aromatic nitrogens is 5. The van der Waals surface area contributed by atoms with Gasteiger partial charge in [-0.2, -0.15) is 0 Å². The lowest BCUT2D eigenvalue weighted by molar-refractivity contribution is 1.00. The van der Waals surface area contributed by atoms with E-state index < -0.39 is 0 Å². The monoisotopic (exact) mass is 519 g/mol. The van der Waals surface area contributed by atoms with Crippen LogP contribution in [0.25, 0.3) is 56.7 Å². The Kier molecular flexibility index (Phi) is 6.94. The molecule has 6 rings (SSSR count). The van der Waals surface area contributed by atoms with E-state index in [-0.39, 0.29) is 0 Å². The molecule has 0 aliphatic heterocycles. The van der Waals surface area contributed by atoms with Gasteiger partial charge in [0.1, 0.15) is 11.4 Å². The van der Waals surface area contributed by atoms with Crippen LogP contribution in [0, 0.1) is 13.8 Å². The standard InChI is InChI=1S/C35H29N5/c1-4-29-16-10-18-32(37-29)35-39-33(38-34(40-35)31-17-8-11-24(3)36-31)28-19-20-30(23(2)21-28)27-15-9-14-26(22-27)25-12-6-5-7-13-25/h5-22H,4H2,1-3H3. The van der Waals surface area contributed by atoms with Crippen LogP contribution in [-0.4, -0.2) is 24.9 Å². The number of hydrogen-bond acceptors (Lipinski definition) is 5. The fourth-order valence-corrected chi connectivity index (χ4v) is 4.83. The second-order valence-corrected chi connectivity index (χ2v) is 9.81. The van der Waals surface area contributed by atoms with Gasteiger partial charge in [-0.15, -0.1) is 0 Å². The molecule has 3 aromatic heterocycles. The maximum absolute atomic E-state index is 4.88. The second-order valence-electron chi connectivity index (χ2n) is 9.81. The molecule has 0 aliphatic rings. The van der Waals surface area contributed by atoms with Gasteiger partial charge in [-0.25, -0.2) is 24.9 Å². The van der Waals surface area contributed by atoms with Crippen molar-refractivity contribution >= 4 is 0 Å². The number of aryl methyl sites for hydroxylation is 3. The zero-order chi connectivity index (χ0) is 27.5. The van der Waals surface area contributed by atoms with Crippen molar-refractivity contribution in [3.63, 3.8) is 0 Å². The van der Waals surface area contributed by atoms with Crippen LogP contribution >= 0.6 is 0 Å². The molecule has 40 heavy (non-hydrogen) atoms. The molecule has 3 aromatic carbocycles. The van der Waals surface area contributed by atoms with E-state index in [0.29, 0.717) is 23.2 Å². The van der Waals surface area contributed by atoms with Crippen LogP contribution in [0.1, 0.15) is 23.9 Å². The Hall–Kier alpha value is -5.03. The van der Waals surface area contributed by atoms with Crippen LogP contribution in [0.15, 0.2) is 109 Å². The zero-order valence-corrected chi connectivity index (χ0v) is 22.8. The maximum atomic E-state index is 4.88. The lowest BCUT2D eigenvalue weighted by atomic mass is 9.95. The van der Waals surface area contributed by atoms with E-state index in [9.17, 15) is 0 Å². The van der Waals surface area contributed by atoms with Gasteiger partial charge in [0.15, 0.2) is 17.5 Å². The smallest absolute Gasteiger partial charge is 0.182 e. The predicted octanol–water partition coefficient (Wildman–Crippen LogP) is 8.18. The van der Waals surface area contributed by atoms with Crippen LogP contribution in [0.2, 0.25) is 0 Å². The third-order valence-electron chi connectivity index (χ3n) is 6.92. The van der Waals surface area contributed by atoms with Crippen molar-refractivity contribution in [1.82, 2.24) is 24.9 Å². The highest BCUT2D eigenvalue weighted by Gasteiger charge is 2.15. The molecule has 0 spiro atoms. The summed E-state index contributed by atoms with van der Waals surface area (Å²) in [5, 5.41) is 0. The summed E-state index contributed by atoms with van der Waals surface area (Å²) < 4.78 is 0. The Balaban J connectivity index is 1.44. The first-order chi connectivity index (χ1) is 19.6. The molecule has 0 N–H and O–H groups in total. The summed E-state index contributed by atoms with van der Waals surface area (Å²) >= 11 is 0. The summed E-state index contributed by atoms with van der Waals surface area (Å²) in [6.45, 7) is 6.19. The van der Waals surface area contributed by atoms with E-state index in [1.165, 1.54) is 22.3 Å². The van der Waals surface area contributed by atoms with Gasteiger partial charge in [0.25, 0.3) is 0 Å². The number of rotatable bonds is 6. The molecule has 0 radical (unpaired) electrons. The topological polar surface area (TPSA) is 64.5 Å². The van der Waals surface area contributed by atoms with Gasteiger partial charge in [0.05, 0.1) is 0 Å². The molecular formula is C35H29N5. The van der Waals surface area contributed by atoms with E-state index >= 15 is 0 Å². The molecule has 0 fully saturated rings. The van der Waals surface area contributed by atoms with E-state index in [4.69, 9.17) is 19.9 Å². The summed E-state index contributed by atoms with van der Waals surface area (Å²) in [6, 6.07) is 37.3. The number of hydrogen-bond donors (Lipinski definition) is 0. The molecule has 6 aromatic rings. The lowest BCUT2D eigenvalue weighted by Gasteiger charge is -2.12. The van der Waals surface area contributed by atoms with Gasteiger partial charge >= 0.3 is 0 Å². The first-order valence-electron chi connectivity index (χ1n) is 13.5. The van der Waals surface area contributed by atoms with Gasteiger partial charge in [0.2, 0.25) is 0 Å². The normalized spacial score (nSPS) is 11.0. The molecule has 194 valence electrons. The fourth-order valence-electron chi connectivity index (χ4n) is 4.83. The summed E-state index contributed by atoms with van der Waals surface area (Å²) in [7, 11) is 0. The van der Waals surface area contributed by atoms with E-state index in [1.807, 2.05) is 49.4 Å². The number of pyridine rings is 2. The van der Waals surface area contributed by atoms with Gasteiger partial charge in [-0.3, -0.25) is 0 Å². The lowest BCUT2D eigenvalue weighted by Crippen LogP contribution is -2.03.